The van der Waals surface area contributed by atoms with Crippen molar-refractivity contribution in [3.8, 4) is 0 Å². The zero-order chi connectivity index (χ0) is 10.8. The smallest absolute Gasteiger partial charge is 0.410 e. The van der Waals surface area contributed by atoms with E-state index in [0.717, 1.165) is 6.54 Å². The summed E-state index contributed by atoms with van der Waals surface area (Å²) in [5, 5.41) is 0. The molecule has 0 saturated heterocycles. The molecular formula is C11H21NO2. The summed E-state index contributed by atoms with van der Waals surface area (Å²) in [6.07, 6.45) is 3.62. The van der Waals surface area contributed by atoms with Gasteiger partial charge in [-0.1, -0.05) is 6.42 Å². The molecule has 3 heteroatoms. The van der Waals surface area contributed by atoms with E-state index in [2.05, 4.69) is 0 Å². The summed E-state index contributed by atoms with van der Waals surface area (Å²) in [6.45, 7) is 6.52. The molecule has 0 aromatic rings. The van der Waals surface area contributed by atoms with Gasteiger partial charge in [0.1, 0.15) is 5.60 Å². The van der Waals surface area contributed by atoms with Gasteiger partial charge >= 0.3 is 6.09 Å². The van der Waals surface area contributed by atoms with Gasteiger partial charge < -0.3 is 9.64 Å². The molecular weight excluding hydrogens is 178 g/mol. The third kappa shape index (κ3) is 3.56. The van der Waals surface area contributed by atoms with Gasteiger partial charge in [-0.15, -0.1) is 0 Å². The Labute approximate surface area is 86.4 Å². The topological polar surface area (TPSA) is 29.5 Å². The fraction of sp³-hybridized carbons (Fsp3) is 0.909. The van der Waals surface area contributed by atoms with Crippen molar-refractivity contribution in [1.82, 2.24) is 4.90 Å². The van der Waals surface area contributed by atoms with Crippen LogP contribution in [0.25, 0.3) is 0 Å². The van der Waals surface area contributed by atoms with Crippen LogP contribution in [0.1, 0.15) is 40.0 Å². The van der Waals surface area contributed by atoms with E-state index in [0.29, 0.717) is 5.92 Å². The zero-order valence-electron chi connectivity index (χ0n) is 9.67. The minimum atomic E-state index is -0.384. The number of rotatable bonds is 2. The molecule has 1 aliphatic carbocycles. The minimum Gasteiger partial charge on any atom is -0.444 e. The molecule has 0 aliphatic heterocycles. The highest BCUT2D eigenvalue weighted by Crippen LogP contribution is 2.27. The standard InChI is InChI=1S/C11H21NO2/c1-11(2,3)14-10(13)12(4)8-9-6-5-7-9/h9H,5-8H2,1-4H3. The summed E-state index contributed by atoms with van der Waals surface area (Å²) >= 11 is 0. The highest BCUT2D eigenvalue weighted by atomic mass is 16.6. The first-order valence-electron chi connectivity index (χ1n) is 5.32. The molecule has 0 radical (unpaired) electrons. The Bertz CT molecular complexity index is 204. The maximum absolute atomic E-state index is 11.5. The van der Waals surface area contributed by atoms with Crippen LogP contribution in [0.4, 0.5) is 4.79 Å². The van der Waals surface area contributed by atoms with Crippen LogP contribution in [0.5, 0.6) is 0 Å². The van der Waals surface area contributed by atoms with Crippen molar-refractivity contribution in [1.29, 1.82) is 0 Å². The molecule has 14 heavy (non-hydrogen) atoms. The maximum Gasteiger partial charge on any atom is 0.410 e. The second kappa shape index (κ2) is 4.20. The van der Waals surface area contributed by atoms with Crippen LogP contribution in [0.3, 0.4) is 0 Å². The average Bonchev–Trinajstić information content (AvgIpc) is 1.92. The molecule has 1 aliphatic rings. The van der Waals surface area contributed by atoms with Gasteiger partial charge in [0.2, 0.25) is 0 Å². The van der Waals surface area contributed by atoms with Crippen LogP contribution in [0.2, 0.25) is 0 Å². The van der Waals surface area contributed by atoms with E-state index < -0.39 is 0 Å². The summed E-state index contributed by atoms with van der Waals surface area (Å²) in [7, 11) is 1.81. The van der Waals surface area contributed by atoms with E-state index in [1.807, 2.05) is 27.8 Å². The van der Waals surface area contributed by atoms with Gasteiger partial charge in [-0.25, -0.2) is 4.79 Å². The first-order valence-corrected chi connectivity index (χ1v) is 5.32. The molecule has 0 N–H and O–H groups in total. The highest BCUT2D eigenvalue weighted by Gasteiger charge is 2.24. The third-order valence-electron chi connectivity index (χ3n) is 2.46. The average molecular weight is 199 g/mol. The number of carbonyl (C=O) groups is 1. The van der Waals surface area contributed by atoms with Crippen LogP contribution < -0.4 is 0 Å². The van der Waals surface area contributed by atoms with Crippen molar-refractivity contribution in [2.45, 2.75) is 45.6 Å². The molecule has 82 valence electrons. The number of hydrogen-bond acceptors (Lipinski definition) is 2. The van der Waals surface area contributed by atoms with Crippen LogP contribution >= 0.6 is 0 Å². The van der Waals surface area contributed by atoms with Gasteiger partial charge in [0.25, 0.3) is 0 Å². The Morgan fingerprint density at radius 1 is 1.43 bits per heavy atom. The first-order chi connectivity index (χ1) is 6.38. The zero-order valence-corrected chi connectivity index (χ0v) is 9.67. The first kappa shape index (κ1) is 11.3. The minimum absolute atomic E-state index is 0.204. The highest BCUT2D eigenvalue weighted by molar-refractivity contribution is 5.67. The Kier molecular flexibility index (Phi) is 3.40. The predicted octanol–water partition coefficient (Wildman–Crippen LogP) is 2.65. The van der Waals surface area contributed by atoms with Crippen LogP contribution in [-0.4, -0.2) is 30.2 Å². The largest absolute Gasteiger partial charge is 0.444 e. The van der Waals surface area contributed by atoms with Crippen molar-refractivity contribution >= 4 is 6.09 Å². The normalized spacial score (nSPS) is 17.4. The summed E-state index contributed by atoms with van der Waals surface area (Å²) in [6, 6.07) is 0. The maximum atomic E-state index is 11.5. The molecule has 1 rings (SSSR count). The molecule has 0 spiro atoms. The van der Waals surface area contributed by atoms with E-state index in [1.54, 1.807) is 4.90 Å². The lowest BCUT2D eigenvalue weighted by Crippen LogP contribution is -2.38. The molecule has 0 unspecified atom stereocenters. The second-order valence-corrected chi connectivity index (χ2v) is 5.16. The van der Waals surface area contributed by atoms with Crippen LogP contribution in [0, 0.1) is 5.92 Å². The number of ether oxygens (including phenoxy) is 1. The van der Waals surface area contributed by atoms with Crippen LogP contribution in [0.15, 0.2) is 0 Å². The second-order valence-electron chi connectivity index (χ2n) is 5.16. The van der Waals surface area contributed by atoms with E-state index >= 15 is 0 Å². The summed E-state index contributed by atoms with van der Waals surface area (Å²) < 4.78 is 5.26. The van der Waals surface area contributed by atoms with Crippen molar-refractivity contribution < 1.29 is 9.53 Å². The van der Waals surface area contributed by atoms with Gasteiger partial charge in [-0.05, 0) is 39.5 Å². The van der Waals surface area contributed by atoms with E-state index in [-0.39, 0.29) is 11.7 Å². The number of amides is 1. The molecule has 0 aromatic heterocycles. The summed E-state index contributed by atoms with van der Waals surface area (Å²) in [5.74, 6) is 0.701. The molecule has 0 aromatic carbocycles. The van der Waals surface area contributed by atoms with Gasteiger partial charge in [-0.2, -0.15) is 0 Å². The summed E-state index contributed by atoms with van der Waals surface area (Å²) in [5.41, 5.74) is -0.384. The molecule has 0 bridgehead atoms. The number of hydrogen-bond donors (Lipinski definition) is 0. The number of carbonyl (C=O) groups excluding carboxylic acids is 1. The van der Waals surface area contributed by atoms with Crippen LogP contribution in [-0.2, 0) is 4.74 Å². The molecule has 3 nitrogen and oxygen atoms in total. The van der Waals surface area contributed by atoms with Crippen molar-refractivity contribution in [2.75, 3.05) is 13.6 Å². The predicted molar refractivity (Wildman–Crippen MR) is 56.2 cm³/mol. The quantitative estimate of drug-likeness (QED) is 0.684. The van der Waals surface area contributed by atoms with E-state index in [4.69, 9.17) is 4.74 Å². The molecule has 0 atom stereocenters. The molecule has 0 heterocycles. The van der Waals surface area contributed by atoms with Gasteiger partial charge in [0.15, 0.2) is 0 Å². The number of nitrogens with zero attached hydrogens (tertiary/aromatic N) is 1. The van der Waals surface area contributed by atoms with E-state index in [1.165, 1.54) is 19.3 Å². The third-order valence-corrected chi connectivity index (χ3v) is 2.46. The lowest BCUT2D eigenvalue weighted by Gasteiger charge is -2.31. The molecule has 1 amide bonds. The monoisotopic (exact) mass is 199 g/mol. The van der Waals surface area contributed by atoms with Crippen molar-refractivity contribution in [2.24, 2.45) is 5.92 Å². The SMILES string of the molecule is CN(CC1CCC1)C(=O)OC(C)(C)C. The Hall–Kier alpha value is -0.730. The Morgan fingerprint density at radius 2 is 2.00 bits per heavy atom. The van der Waals surface area contributed by atoms with Gasteiger partial charge in [-0.3, -0.25) is 0 Å². The van der Waals surface area contributed by atoms with Crippen molar-refractivity contribution in [3.05, 3.63) is 0 Å². The fourth-order valence-corrected chi connectivity index (χ4v) is 1.48. The fourth-order valence-electron chi connectivity index (χ4n) is 1.48. The molecule has 1 fully saturated rings. The Morgan fingerprint density at radius 3 is 2.36 bits per heavy atom. The van der Waals surface area contributed by atoms with Gasteiger partial charge in [0.05, 0.1) is 0 Å². The summed E-state index contributed by atoms with van der Waals surface area (Å²) in [4.78, 5) is 13.2. The van der Waals surface area contributed by atoms with Crippen molar-refractivity contribution in [3.63, 3.8) is 0 Å². The lowest BCUT2D eigenvalue weighted by atomic mass is 9.85. The lowest BCUT2D eigenvalue weighted by molar-refractivity contribution is 0.0248. The Balaban J connectivity index is 2.28. The van der Waals surface area contributed by atoms with E-state index in [9.17, 15) is 4.79 Å². The molecule has 1 saturated carbocycles. The van der Waals surface area contributed by atoms with Gasteiger partial charge in [0, 0.05) is 13.6 Å².